The highest BCUT2D eigenvalue weighted by molar-refractivity contribution is 9.10. The van der Waals surface area contributed by atoms with E-state index in [1.54, 1.807) is 6.07 Å². The fourth-order valence-corrected chi connectivity index (χ4v) is 2.78. The number of hydrazone groups is 1. The standard InChI is InChI=1S/C16H13BrN2O/c17-15-8-4-3-7-14(15)16(20)19-18-13-9-11-5-1-2-6-12(11)10-13/h1-8H,9-10H2,(H,19,20). The number of hydrogen-bond donors (Lipinski definition) is 1. The van der Waals surface area contributed by atoms with Crippen molar-refractivity contribution < 1.29 is 4.79 Å². The minimum absolute atomic E-state index is 0.194. The summed E-state index contributed by atoms with van der Waals surface area (Å²) in [4.78, 5) is 12.0. The molecule has 3 nitrogen and oxygen atoms in total. The van der Waals surface area contributed by atoms with Crippen molar-refractivity contribution in [2.45, 2.75) is 12.8 Å². The topological polar surface area (TPSA) is 41.5 Å². The summed E-state index contributed by atoms with van der Waals surface area (Å²) in [5, 5.41) is 4.25. The molecular formula is C16H13BrN2O. The van der Waals surface area contributed by atoms with Crippen LogP contribution in [0.25, 0.3) is 0 Å². The molecule has 0 aromatic heterocycles. The van der Waals surface area contributed by atoms with Gasteiger partial charge in [0.05, 0.1) is 5.56 Å². The van der Waals surface area contributed by atoms with Crippen molar-refractivity contribution in [3.05, 3.63) is 69.7 Å². The largest absolute Gasteiger partial charge is 0.272 e. The van der Waals surface area contributed by atoms with Gasteiger partial charge in [0.2, 0.25) is 0 Å². The van der Waals surface area contributed by atoms with Gasteiger partial charge < -0.3 is 0 Å². The number of carbonyl (C=O) groups excluding carboxylic acids is 1. The molecule has 1 aliphatic carbocycles. The Kier molecular flexibility index (Phi) is 3.65. The molecule has 0 atom stereocenters. The Morgan fingerprint density at radius 1 is 1.00 bits per heavy atom. The van der Waals surface area contributed by atoms with E-state index < -0.39 is 0 Å². The number of benzene rings is 2. The van der Waals surface area contributed by atoms with Crippen molar-refractivity contribution >= 4 is 27.5 Å². The van der Waals surface area contributed by atoms with Gasteiger partial charge in [0, 0.05) is 23.0 Å². The zero-order valence-electron chi connectivity index (χ0n) is 10.8. The lowest BCUT2D eigenvalue weighted by Crippen LogP contribution is -2.20. The Bertz CT molecular complexity index is 667. The number of nitrogens with one attached hydrogen (secondary N) is 1. The lowest BCUT2D eigenvalue weighted by atomic mass is 10.1. The van der Waals surface area contributed by atoms with Crippen LogP contribution in [0.1, 0.15) is 21.5 Å². The lowest BCUT2D eigenvalue weighted by molar-refractivity contribution is 0.0954. The second-order valence-corrected chi connectivity index (χ2v) is 5.58. The molecule has 0 heterocycles. The van der Waals surface area contributed by atoms with Gasteiger partial charge in [0.1, 0.15) is 0 Å². The van der Waals surface area contributed by atoms with Gasteiger partial charge in [-0.25, -0.2) is 5.43 Å². The van der Waals surface area contributed by atoms with Crippen LogP contribution in [0.15, 0.2) is 58.1 Å². The Balaban J connectivity index is 1.71. The second kappa shape index (κ2) is 5.59. The van der Waals surface area contributed by atoms with Crippen LogP contribution in [0.2, 0.25) is 0 Å². The molecule has 2 aromatic rings. The van der Waals surface area contributed by atoms with E-state index in [2.05, 4.69) is 38.6 Å². The maximum Gasteiger partial charge on any atom is 0.272 e. The number of nitrogens with zero attached hydrogens (tertiary/aromatic N) is 1. The third kappa shape index (κ3) is 2.65. The highest BCUT2D eigenvalue weighted by Gasteiger charge is 2.16. The summed E-state index contributed by atoms with van der Waals surface area (Å²) < 4.78 is 0.771. The first-order valence-corrected chi connectivity index (χ1v) is 7.20. The summed E-state index contributed by atoms with van der Waals surface area (Å²) in [7, 11) is 0. The smallest absolute Gasteiger partial charge is 0.267 e. The number of carbonyl (C=O) groups is 1. The number of hydrogen-bond acceptors (Lipinski definition) is 2. The highest BCUT2D eigenvalue weighted by Crippen LogP contribution is 2.19. The van der Waals surface area contributed by atoms with Crippen molar-refractivity contribution in [2.75, 3.05) is 0 Å². The first-order valence-electron chi connectivity index (χ1n) is 6.41. The van der Waals surface area contributed by atoms with Gasteiger partial charge in [-0.15, -0.1) is 0 Å². The molecule has 0 bridgehead atoms. The molecule has 1 amide bonds. The van der Waals surface area contributed by atoms with E-state index in [0.717, 1.165) is 23.0 Å². The van der Waals surface area contributed by atoms with E-state index in [-0.39, 0.29) is 5.91 Å². The van der Waals surface area contributed by atoms with E-state index in [0.29, 0.717) is 5.56 Å². The third-order valence-electron chi connectivity index (χ3n) is 3.34. The molecular weight excluding hydrogens is 316 g/mol. The van der Waals surface area contributed by atoms with E-state index in [1.807, 2.05) is 30.3 Å². The molecule has 0 spiro atoms. The Morgan fingerprint density at radius 3 is 2.25 bits per heavy atom. The van der Waals surface area contributed by atoms with E-state index in [4.69, 9.17) is 0 Å². The number of fused-ring (bicyclic) bond motifs is 1. The van der Waals surface area contributed by atoms with Crippen molar-refractivity contribution in [3.8, 4) is 0 Å². The molecule has 0 aliphatic heterocycles. The molecule has 3 rings (SSSR count). The predicted octanol–water partition coefficient (Wildman–Crippen LogP) is 3.33. The summed E-state index contributed by atoms with van der Waals surface area (Å²) in [6.07, 6.45) is 1.62. The van der Waals surface area contributed by atoms with Gasteiger partial charge in [-0.1, -0.05) is 36.4 Å². The van der Waals surface area contributed by atoms with Gasteiger partial charge in [-0.05, 0) is 39.2 Å². The van der Waals surface area contributed by atoms with Gasteiger partial charge in [0.15, 0.2) is 0 Å². The summed E-state index contributed by atoms with van der Waals surface area (Å²) in [5.41, 5.74) is 6.80. The molecule has 4 heteroatoms. The maximum absolute atomic E-state index is 12.0. The molecule has 20 heavy (non-hydrogen) atoms. The van der Waals surface area contributed by atoms with Crippen molar-refractivity contribution in [2.24, 2.45) is 5.10 Å². The highest BCUT2D eigenvalue weighted by atomic mass is 79.9. The molecule has 0 unspecified atom stereocenters. The minimum atomic E-state index is -0.194. The van der Waals surface area contributed by atoms with Gasteiger partial charge in [-0.3, -0.25) is 4.79 Å². The van der Waals surface area contributed by atoms with E-state index in [1.165, 1.54) is 11.1 Å². The maximum atomic E-state index is 12.0. The quantitative estimate of drug-likeness (QED) is 0.844. The summed E-state index contributed by atoms with van der Waals surface area (Å²) in [6, 6.07) is 15.6. The molecule has 0 saturated heterocycles. The first-order chi connectivity index (χ1) is 9.74. The van der Waals surface area contributed by atoms with Crippen LogP contribution in [0.5, 0.6) is 0 Å². The molecule has 0 radical (unpaired) electrons. The van der Waals surface area contributed by atoms with Crippen LogP contribution in [-0.2, 0) is 12.8 Å². The van der Waals surface area contributed by atoms with Gasteiger partial charge in [0.25, 0.3) is 5.91 Å². The number of halogens is 1. The Hall–Kier alpha value is -1.94. The molecule has 1 N–H and O–H groups in total. The Morgan fingerprint density at radius 2 is 1.60 bits per heavy atom. The minimum Gasteiger partial charge on any atom is -0.267 e. The Labute approximate surface area is 125 Å². The van der Waals surface area contributed by atoms with Crippen molar-refractivity contribution in [1.29, 1.82) is 0 Å². The van der Waals surface area contributed by atoms with E-state index >= 15 is 0 Å². The molecule has 0 saturated carbocycles. The van der Waals surface area contributed by atoms with Gasteiger partial charge >= 0.3 is 0 Å². The zero-order chi connectivity index (χ0) is 13.9. The van der Waals surface area contributed by atoms with Crippen LogP contribution in [0, 0.1) is 0 Å². The zero-order valence-corrected chi connectivity index (χ0v) is 12.4. The molecule has 1 aliphatic rings. The molecule has 100 valence electrons. The SMILES string of the molecule is O=C(NN=C1Cc2ccccc2C1)c1ccccc1Br. The van der Waals surface area contributed by atoms with Crippen LogP contribution < -0.4 is 5.43 Å². The average Bonchev–Trinajstić information content (AvgIpc) is 2.88. The summed E-state index contributed by atoms with van der Waals surface area (Å²) in [5.74, 6) is -0.194. The van der Waals surface area contributed by atoms with E-state index in [9.17, 15) is 4.79 Å². The molecule has 2 aromatic carbocycles. The van der Waals surface area contributed by atoms with Crippen molar-refractivity contribution in [1.82, 2.24) is 5.43 Å². The fourth-order valence-electron chi connectivity index (χ4n) is 2.32. The third-order valence-corrected chi connectivity index (χ3v) is 4.03. The van der Waals surface area contributed by atoms with Crippen LogP contribution in [0.4, 0.5) is 0 Å². The second-order valence-electron chi connectivity index (χ2n) is 4.72. The first kappa shape index (κ1) is 13.1. The fraction of sp³-hybridized carbons (Fsp3) is 0.125. The normalized spacial score (nSPS) is 12.9. The summed E-state index contributed by atoms with van der Waals surface area (Å²) in [6.45, 7) is 0. The number of rotatable bonds is 2. The monoisotopic (exact) mass is 328 g/mol. The van der Waals surface area contributed by atoms with Gasteiger partial charge in [-0.2, -0.15) is 5.10 Å². The predicted molar refractivity (Wildman–Crippen MR) is 82.9 cm³/mol. The average molecular weight is 329 g/mol. The number of amides is 1. The van der Waals surface area contributed by atoms with Crippen molar-refractivity contribution in [3.63, 3.8) is 0 Å². The van der Waals surface area contributed by atoms with Crippen LogP contribution in [0.3, 0.4) is 0 Å². The lowest BCUT2D eigenvalue weighted by Gasteiger charge is -2.03. The molecule has 0 fully saturated rings. The summed E-state index contributed by atoms with van der Waals surface area (Å²) >= 11 is 3.36. The van der Waals surface area contributed by atoms with Crippen LogP contribution in [-0.4, -0.2) is 11.6 Å². The van der Waals surface area contributed by atoms with Crippen LogP contribution >= 0.6 is 15.9 Å².